The van der Waals surface area contributed by atoms with Crippen LogP contribution in [0.2, 0.25) is 0 Å². The zero-order valence-corrected chi connectivity index (χ0v) is 10.4. The molecule has 1 amide bonds. The second kappa shape index (κ2) is 3.61. The maximum atomic E-state index is 11.3. The van der Waals surface area contributed by atoms with E-state index in [0.29, 0.717) is 6.42 Å². The SMILES string of the molecule is Cn1cc(C2CNC(=O)C2)c(C(C)(C)C)n1. The Hall–Kier alpha value is -1.32. The summed E-state index contributed by atoms with van der Waals surface area (Å²) in [6.07, 6.45) is 2.64. The molecule has 16 heavy (non-hydrogen) atoms. The van der Waals surface area contributed by atoms with Crippen molar-refractivity contribution in [3.05, 3.63) is 17.5 Å². The van der Waals surface area contributed by atoms with E-state index in [1.165, 1.54) is 5.56 Å². The lowest BCUT2D eigenvalue weighted by Crippen LogP contribution is -2.17. The van der Waals surface area contributed by atoms with Crippen LogP contribution in [0.15, 0.2) is 6.20 Å². The van der Waals surface area contributed by atoms with Gasteiger partial charge in [0.25, 0.3) is 0 Å². The summed E-state index contributed by atoms with van der Waals surface area (Å²) in [5.41, 5.74) is 2.35. The number of hydrogen-bond donors (Lipinski definition) is 1. The van der Waals surface area contributed by atoms with Crippen LogP contribution in [0.3, 0.4) is 0 Å². The lowest BCUT2D eigenvalue weighted by molar-refractivity contribution is -0.119. The van der Waals surface area contributed by atoms with Gasteiger partial charge in [-0.2, -0.15) is 5.10 Å². The van der Waals surface area contributed by atoms with Gasteiger partial charge in [0.15, 0.2) is 0 Å². The number of aryl methyl sites for hydroxylation is 1. The third kappa shape index (κ3) is 1.96. The number of carbonyl (C=O) groups is 1. The van der Waals surface area contributed by atoms with Crippen molar-refractivity contribution in [2.45, 2.75) is 38.5 Å². The van der Waals surface area contributed by atoms with Crippen LogP contribution < -0.4 is 5.32 Å². The molecule has 1 N–H and O–H groups in total. The molecule has 1 unspecified atom stereocenters. The van der Waals surface area contributed by atoms with E-state index in [2.05, 4.69) is 31.2 Å². The van der Waals surface area contributed by atoms with Gasteiger partial charge in [-0.3, -0.25) is 9.48 Å². The van der Waals surface area contributed by atoms with Crippen LogP contribution in [0.5, 0.6) is 0 Å². The second-order valence-corrected chi connectivity index (χ2v) is 5.56. The fraction of sp³-hybridized carbons (Fsp3) is 0.667. The van der Waals surface area contributed by atoms with Crippen LogP contribution in [0.25, 0.3) is 0 Å². The topological polar surface area (TPSA) is 46.9 Å². The molecule has 0 bridgehead atoms. The number of aromatic nitrogens is 2. The van der Waals surface area contributed by atoms with Crippen molar-refractivity contribution in [1.29, 1.82) is 0 Å². The molecule has 0 radical (unpaired) electrons. The molecule has 0 saturated carbocycles. The van der Waals surface area contributed by atoms with Crippen molar-refractivity contribution in [1.82, 2.24) is 15.1 Å². The van der Waals surface area contributed by atoms with E-state index in [1.807, 2.05) is 17.9 Å². The standard InChI is InChI=1S/C12H19N3O/c1-12(2,3)11-9(7-15(4)14-11)8-5-10(16)13-6-8/h7-8H,5-6H2,1-4H3,(H,13,16). The van der Waals surface area contributed by atoms with Gasteiger partial charge in [0, 0.05) is 37.5 Å². The second-order valence-electron chi connectivity index (χ2n) is 5.56. The Kier molecular flexibility index (Phi) is 2.52. The number of carbonyl (C=O) groups excluding carboxylic acids is 1. The molecule has 1 aromatic rings. The summed E-state index contributed by atoms with van der Waals surface area (Å²) in [6.45, 7) is 7.21. The monoisotopic (exact) mass is 221 g/mol. The van der Waals surface area contributed by atoms with E-state index < -0.39 is 0 Å². The third-order valence-corrected chi connectivity index (χ3v) is 2.98. The highest BCUT2D eigenvalue weighted by Crippen LogP contribution is 2.32. The van der Waals surface area contributed by atoms with E-state index in [4.69, 9.17) is 0 Å². The summed E-state index contributed by atoms with van der Waals surface area (Å²) in [5, 5.41) is 7.41. The lowest BCUT2D eigenvalue weighted by atomic mass is 9.85. The quantitative estimate of drug-likeness (QED) is 0.777. The summed E-state index contributed by atoms with van der Waals surface area (Å²) in [5.74, 6) is 0.434. The Bertz CT molecular complexity index is 414. The Morgan fingerprint density at radius 3 is 2.69 bits per heavy atom. The van der Waals surface area contributed by atoms with Gasteiger partial charge < -0.3 is 5.32 Å². The van der Waals surface area contributed by atoms with Crippen molar-refractivity contribution in [3.63, 3.8) is 0 Å². The first-order valence-corrected chi connectivity index (χ1v) is 5.68. The molecule has 2 rings (SSSR count). The Morgan fingerprint density at radius 2 is 2.19 bits per heavy atom. The van der Waals surface area contributed by atoms with Gasteiger partial charge in [0.2, 0.25) is 5.91 Å². The minimum atomic E-state index is 0.0300. The first-order valence-electron chi connectivity index (χ1n) is 5.68. The highest BCUT2D eigenvalue weighted by Gasteiger charge is 2.30. The highest BCUT2D eigenvalue weighted by atomic mass is 16.1. The minimum Gasteiger partial charge on any atom is -0.355 e. The lowest BCUT2D eigenvalue weighted by Gasteiger charge is -2.19. The number of nitrogens with one attached hydrogen (secondary N) is 1. The van der Waals surface area contributed by atoms with Crippen LogP contribution in [-0.4, -0.2) is 22.2 Å². The molecule has 0 aliphatic carbocycles. The van der Waals surface area contributed by atoms with Crippen LogP contribution in [0.4, 0.5) is 0 Å². The number of hydrogen-bond acceptors (Lipinski definition) is 2. The van der Waals surface area contributed by atoms with Crippen LogP contribution in [0, 0.1) is 0 Å². The minimum absolute atomic E-state index is 0.0300. The number of amides is 1. The molecule has 4 heteroatoms. The fourth-order valence-electron chi connectivity index (χ4n) is 2.21. The summed E-state index contributed by atoms with van der Waals surface area (Å²) >= 11 is 0. The molecule has 1 saturated heterocycles. The van der Waals surface area contributed by atoms with E-state index >= 15 is 0 Å². The van der Waals surface area contributed by atoms with E-state index in [1.54, 1.807) is 0 Å². The molecular weight excluding hydrogens is 202 g/mol. The maximum absolute atomic E-state index is 11.3. The predicted molar refractivity (Wildman–Crippen MR) is 62.3 cm³/mol. The summed E-state index contributed by atoms with van der Waals surface area (Å²) in [4.78, 5) is 11.3. The molecule has 1 atom stereocenters. The molecule has 1 aromatic heterocycles. The van der Waals surface area contributed by atoms with Crippen LogP contribution in [0.1, 0.15) is 44.4 Å². The first-order chi connectivity index (χ1) is 7.38. The van der Waals surface area contributed by atoms with Crippen molar-refractivity contribution in [3.8, 4) is 0 Å². The molecule has 0 spiro atoms. The van der Waals surface area contributed by atoms with Gasteiger partial charge in [-0.15, -0.1) is 0 Å². The molecule has 1 fully saturated rings. The summed E-state index contributed by atoms with van der Waals surface area (Å²) in [6, 6.07) is 0. The zero-order chi connectivity index (χ0) is 11.9. The Labute approximate surface area is 96.0 Å². The Balaban J connectivity index is 2.37. The van der Waals surface area contributed by atoms with Gasteiger partial charge >= 0.3 is 0 Å². The van der Waals surface area contributed by atoms with Crippen molar-refractivity contribution in [2.75, 3.05) is 6.54 Å². The third-order valence-electron chi connectivity index (χ3n) is 2.98. The molecule has 2 heterocycles. The largest absolute Gasteiger partial charge is 0.355 e. The van der Waals surface area contributed by atoms with Crippen LogP contribution in [-0.2, 0) is 17.3 Å². The molecule has 88 valence electrons. The van der Waals surface area contributed by atoms with Gasteiger partial charge in [0.05, 0.1) is 5.69 Å². The summed E-state index contributed by atoms with van der Waals surface area (Å²) < 4.78 is 1.85. The number of rotatable bonds is 1. The number of nitrogens with zero attached hydrogens (tertiary/aromatic N) is 2. The summed E-state index contributed by atoms with van der Waals surface area (Å²) in [7, 11) is 1.93. The Morgan fingerprint density at radius 1 is 1.50 bits per heavy atom. The molecular formula is C12H19N3O. The molecule has 4 nitrogen and oxygen atoms in total. The zero-order valence-electron chi connectivity index (χ0n) is 10.4. The van der Waals surface area contributed by atoms with Crippen LogP contribution >= 0.6 is 0 Å². The van der Waals surface area contributed by atoms with Gasteiger partial charge in [-0.1, -0.05) is 20.8 Å². The van der Waals surface area contributed by atoms with E-state index in [9.17, 15) is 4.79 Å². The maximum Gasteiger partial charge on any atom is 0.220 e. The molecule has 0 aromatic carbocycles. The van der Waals surface area contributed by atoms with Crippen molar-refractivity contribution >= 4 is 5.91 Å². The van der Waals surface area contributed by atoms with Crippen molar-refractivity contribution < 1.29 is 4.79 Å². The van der Waals surface area contributed by atoms with Gasteiger partial charge in [-0.25, -0.2) is 0 Å². The highest BCUT2D eigenvalue weighted by molar-refractivity contribution is 5.79. The normalized spacial score (nSPS) is 21.2. The van der Waals surface area contributed by atoms with E-state index in [-0.39, 0.29) is 17.2 Å². The molecule has 1 aliphatic heterocycles. The average molecular weight is 221 g/mol. The first kappa shape index (κ1) is 11.2. The fourth-order valence-corrected chi connectivity index (χ4v) is 2.21. The van der Waals surface area contributed by atoms with Crippen molar-refractivity contribution in [2.24, 2.45) is 7.05 Å². The van der Waals surface area contributed by atoms with Gasteiger partial charge in [-0.05, 0) is 5.56 Å². The average Bonchev–Trinajstić information content (AvgIpc) is 2.70. The smallest absolute Gasteiger partial charge is 0.220 e. The molecule has 1 aliphatic rings. The predicted octanol–water partition coefficient (Wildman–Crippen LogP) is 1.32. The van der Waals surface area contributed by atoms with Gasteiger partial charge in [0.1, 0.15) is 0 Å². The van der Waals surface area contributed by atoms with E-state index in [0.717, 1.165) is 12.2 Å².